The van der Waals surface area contributed by atoms with Gasteiger partial charge in [0.15, 0.2) is 0 Å². The van der Waals surface area contributed by atoms with Crippen LogP contribution in [-0.4, -0.2) is 21.0 Å². The lowest BCUT2D eigenvalue weighted by atomic mass is 9.97. The smallest absolute Gasteiger partial charge is 0.342 e. The minimum absolute atomic E-state index is 0.0472. The second kappa shape index (κ2) is 5.47. The first-order valence-electron chi connectivity index (χ1n) is 6.69. The summed E-state index contributed by atoms with van der Waals surface area (Å²) in [6.45, 7) is 0. The van der Waals surface area contributed by atoms with Gasteiger partial charge in [0, 0.05) is 5.56 Å². The molecular weight excluding hydrogens is 275 g/mol. The van der Waals surface area contributed by atoms with E-state index in [4.69, 9.17) is 9.84 Å². The summed E-state index contributed by atoms with van der Waals surface area (Å²) in [6, 6.07) is 3.92. The molecule has 5 nitrogen and oxygen atoms in total. The second-order valence-corrected chi connectivity index (χ2v) is 4.83. The van der Waals surface area contributed by atoms with Crippen LogP contribution < -0.4 is 4.74 Å². The molecule has 1 heterocycles. The third-order valence-corrected chi connectivity index (χ3v) is 3.48. The zero-order chi connectivity index (χ0) is 14.8. The lowest BCUT2D eigenvalue weighted by molar-refractivity contribution is 0.0689. The molecule has 108 valence electrons. The van der Waals surface area contributed by atoms with Crippen LogP contribution in [-0.2, 0) is 12.8 Å². The average molecular weight is 288 g/mol. The molecular formula is C15H13FN2O3. The lowest BCUT2D eigenvalue weighted by Crippen LogP contribution is -2.10. The first-order chi connectivity index (χ1) is 10.2. The van der Waals surface area contributed by atoms with Gasteiger partial charge in [-0.25, -0.2) is 19.2 Å². The van der Waals surface area contributed by atoms with Crippen molar-refractivity contribution < 1.29 is 19.0 Å². The Morgan fingerprint density at radius 3 is 2.86 bits per heavy atom. The summed E-state index contributed by atoms with van der Waals surface area (Å²) in [6.07, 6.45) is 5.08. The standard InChI is InChI=1S/C15H13FN2O3/c16-10-5-3-7-12(13(10)15(19)20)21-14-9-4-1-2-6-11(9)17-8-18-14/h3,5,7-8H,1-2,4,6H2,(H,19,20). The molecule has 2 aromatic rings. The van der Waals surface area contributed by atoms with Gasteiger partial charge in [-0.3, -0.25) is 0 Å². The van der Waals surface area contributed by atoms with Crippen LogP contribution in [0.5, 0.6) is 11.6 Å². The van der Waals surface area contributed by atoms with Gasteiger partial charge in [0.2, 0.25) is 5.88 Å². The maximum atomic E-state index is 13.6. The molecule has 21 heavy (non-hydrogen) atoms. The first-order valence-corrected chi connectivity index (χ1v) is 6.69. The molecule has 3 rings (SSSR count). The number of carboxylic acid groups (broad SMARTS) is 1. The van der Waals surface area contributed by atoms with Crippen molar-refractivity contribution in [3.05, 3.63) is 47.2 Å². The predicted octanol–water partition coefficient (Wildman–Crippen LogP) is 2.99. The predicted molar refractivity (Wildman–Crippen MR) is 72.1 cm³/mol. The van der Waals surface area contributed by atoms with E-state index in [-0.39, 0.29) is 5.75 Å². The highest BCUT2D eigenvalue weighted by atomic mass is 19.1. The Hall–Kier alpha value is -2.50. The molecule has 1 aromatic carbocycles. The van der Waals surface area contributed by atoms with Crippen molar-refractivity contribution in [3.8, 4) is 11.6 Å². The number of benzene rings is 1. The van der Waals surface area contributed by atoms with Gasteiger partial charge in [-0.15, -0.1) is 0 Å². The molecule has 1 aliphatic carbocycles. The summed E-state index contributed by atoms with van der Waals surface area (Å²) in [5.74, 6) is -1.93. The number of carboxylic acids is 1. The Kier molecular flexibility index (Phi) is 3.51. The number of aromatic nitrogens is 2. The van der Waals surface area contributed by atoms with Crippen molar-refractivity contribution in [3.63, 3.8) is 0 Å². The molecule has 0 bridgehead atoms. The zero-order valence-electron chi connectivity index (χ0n) is 11.2. The average Bonchev–Trinajstić information content (AvgIpc) is 2.47. The van der Waals surface area contributed by atoms with E-state index in [0.717, 1.165) is 43.0 Å². The van der Waals surface area contributed by atoms with Crippen molar-refractivity contribution >= 4 is 5.97 Å². The second-order valence-electron chi connectivity index (χ2n) is 4.83. The van der Waals surface area contributed by atoms with Crippen molar-refractivity contribution in [1.82, 2.24) is 9.97 Å². The van der Waals surface area contributed by atoms with E-state index in [1.807, 2.05) is 0 Å². The van der Waals surface area contributed by atoms with Crippen LogP contribution in [0, 0.1) is 5.82 Å². The van der Waals surface area contributed by atoms with E-state index in [1.165, 1.54) is 18.5 Å². The van der Waals surface area contributed by atoms with Gasteiger partial charge < -0.3 is 9.84 Å². The van der Waals surface area contributed by atoms with Gasteiger partial charge in [0.1, 0.15) is 23.5 Å². The molecule has 0 aliphatic heterocycles. The van der Waals surface area contributed by atoms with Crippen LogP contribution in [0.1, 0.15) is 34.5 Å². The summed E-state index contributed by atoms with van der Waals surface area (Å²) < 4.78 is 19.2. The van der Waals surface area contributed by atoms with Crippen LogP contribution in [0.3, 0.4) is 0 Å². The third-order valence-electron chi connectivity index (χ3n) is 3.48. The molecule has 1 aromatic heterocycles. The fraction of sp³-hybridized carbons (Fsp3) is 0.267. The monoisotopic (exact) mass is 288 g/mol. The normalized spacial score (nSPS) is 13.6. The van der Waals surface area contributed by atoms with Gasteiger partial charge >= 0.3 is 5.97 Å². The zero-order valence-corrected chi connectivity index (χ0v) is 11.2. The van der Waals surface area contributed by atoms with E-state index in [1.54, 1.807) is 0 Å². The Morgan fingerprint density at radius 1 is 1.24 bits per heavy atom. The Balaban J connectivity index is 2.02. The summed E-state index contributed by atoms with van der Waals surface area (Å²) in [4.78, 5) is 19.5. The fourth-order valence-corrected chi connectivity index (χ4v) is 2.48. The van der Waals surface area contributed by atoms with Gasteiger partial charge in [-0.05, 0) is 37.8 Å². The number of nitrogens with zero attached hydrogens (tertiary/aromatic N) is 2. The van der Waals surface area contributed by atoms with Crippen molar-refractivity contribution in [2.75, 3.05) is 0 Å². The topological polar surface area (TPSA) is 72.3 Å². The summed E-state index contributed by atoms with van der Waals surface area (Å²) >= 11 is 0. The van der Waals surface area contributed by atoms with Gasteiger partial charge in [0.25, 0.3) is 0 Å². The minimum atomic E-state index is -1.37. The highest BCUT2D eigenvalue weighted by molar-refractivity contribution is 5.91. The van der Waals surface area contributed by atoms with Crippen molar-refractivity contribution in [1.29, 1.82) is 0 Å². The first kappa shape index (κ1) is 13.5. The minimum Gasteiger partial charge on any atom is -0.477 e. The van der Waals surface area contributed by atoms with Crippen LogP contribution >= 0.6 is 0 Å². The van der Waals surface area contributed by atoms with E-state index >= 15 is 0 Å². The highest BCUT2D eigenvalue weighted by Crippen LogP contribution is 2.31. The molecule has 1 N–H and O–H groups in total. The van der Waals surface area contributed by atoms with Crippen LogP contribution in [0.15, 0.2) is 24.5 Å². The van der Waals surface area contributed by atoms with Crippen molar-refractivity contribution in [2.24, 2.45) is 0 Å². The van der Waals surface area contributed by atoms with Gasteiger partial charge in [-0.2, -0.15) is 0 Å². The number of aryl methyl sites for hydroxylation is 1. The van der Waals surface area contributed by atoms with Gasteiger partial charge in [-0.1, -0.05) is 6.07 Å². The van der Waals surface area contributed by atoms with Crippen molar-refractivity contribution in [2.45, 2.75) is 25.7 Å². The number of rotatable bonds is 3. The molecule has 0 fully saturated rings. The fourth-order valence-electron chi connectivity index (χ4n) is 2.48. The molecule has 0 amide bonds. The van der Waals surface area contributed by atoms with Crippen LogP contribution in [0.25, 0.3) is 0 Å². The third kappa shape index (κ3) is 2.56. The van der Waals surface area contributed by atoms with Crippen LogP contribution in [0.4, 0.5) is 4.39 Å². The molecule has 0 radical (unpaired) electrons. The van der Waals surface area contributed by atoms with Gasteiger partial charge in [0.05, 0.1) is 5.69 Å². The number of aromatic carboxylic acids is 1. The number of fused-ring (bicyclic) bond motifs is 1. The summed E-state index contributed by atoms with van der Waals surface area (Å²) in [7, 11) is 0. The summed E-state index contributed by atoms with van der Waals surface area (Å²) in [5, 5.41) is 9.11. The molecule has 0 atom stereocenters. The summed E-state index contributed by atoms with van der Waals surface area (Å²) in [5.41, 5.74) is 1.31. The molecule has 0 saturated heterocycles. The lowest BCUT2D eigenvalue weighted by Gasteiger charge is -2.17. The maximum Gasteiger partial charge on any atom is 0.342 e. The maximum absolute atomic E-state index is 13.6. The van der Waals surface area contributed by atoms with E-state index in [2.05, 4.69) is 9.97 Å². The number of halogens is 1. The van der Waals surface area contributed by atoms with Crippen LogP contribution in [0.2, 0.25) is 0 Å². The Bertz CT molecular complexity index is 703. The number of ether oxygens (including phenoxy) is 1. The highest BCUT2D eigenvalue weighted by Gasteiger charge is 2.21. The van der Waals surface area contributed by atoms with E-state index < -0.39 is 17.3 Å². The van der Waals surface area contributed by atoms with E-state index in [0.29, 0.717) is 5.88 Å². The largest absolute Gasteiger partial charge is 0.477 e. The molecule has 6 heteroatoms. The SMILES string of the molecule is O=C(O)c1c(F)cccc1Oc1ncnc2c1CCCC2. The number of hydrogen-bond acceptors (Lipinski definition) is 4. The molecule has 1 aliphatic rings. The molecule has 0 unspecified atom stereocenters. The van der Waals surface area contributed by atoms with E-state index in [9.17, 15) is 9.18 Å². The number of carbonyl (C=O) groups is 1. The molecule has 0 saturated carbocycles. The Morgan fingerprint density at radius 2 is 2.05 bits per heavy atom. The molecule has 0 spiro atoms. The quantitative estimate of drug-likeness (QED) is 0.940. The Labute approximate surface area is 120 Å². The number of hydrogen-bond donors (Lipinski definition) is 1.